The molecule has 0 radical (unpaired) electrons. The molecule has 1 aromatic heterocycles. The maximum atomic E-state index is 14.3. The summed E-state index contributed by atoms with van der Waals surface area (Å²) >= 11 is 0. The van der Waals surface area contributed by atoms with Gasteiger partial charge in [0, 0.05) is 37.3 Å². The maximum Gasteiger partial charge on any atom is 0.416 e. The van der Waals surface area contributed by atoms with E-state index in [0.717, 1.165) is 17.7 Å². The molecular formula is C21H17F4N3O2. The summed E-state index contributed by atoms with van der Waals surface area (Å²) in [5.41, 5.74) is 0.494. The van der Waals surface area contributed by atoms with Gasteiger partial charge in [0.2, 0.25) is 5.95 Å². The van der Waals surface area contributed by atoms with Crippen molar-refractivity contribution >= 4 is 5.95 Å². The molecule has 2 heterocycles. The van der Waals surface area contributed by atoms with Crippen LogP contribution in [0.3, 0.4) is 0 Å². The normalized spacial score (nSPS) is 13.1. The summed E-state index contributed by atoms with van der Waals surface area (Å²) in [5, 5.41) is 2.96. The molecule has 1 aliphatic rings. The van der Waals surface area contributed by atoms with Gasteiger partial charge in [0.15, 0.2) is 0 Å². The van der Waals surface area contributed by atoms with Gasteiger partial charge in [0.1, 0.15) is 11.6 Å². The van der Waals surface area contributed by atoms with Crippen LogP contribution in [0.5, 0.6) is 5.75 Å². The predicted octanol–water partition coefficient (Wildman–Crippen LogP) is 4.15. The van der Waals surface area contributed by atoms with Crippen molar-refractivity contribution in [1.29, 1.82) is 0 Å². The van der Waals surface area contributed by atoms with E-state index in [1.165, 1.54) is 36.0 Å². The third-order valence-electron chi connectivity index (χ3n) is 5.06. The molecule has 3 aromatic rings. The summed E-state index contributed by atoms with van der Waals surface area (Å²) in [4.78, 5) is 16.9. The van der Waals surface area contributed by atoms with Gasteiger partial charge in [-0.15, -0.1) is 0 Å². The molecule has 0 atom stereocenters. The molecule has 30 heavy (non-hydrogen) atoms. The number of aromatic nitrogens is 2. The number of anilines is 1. The predicted molar refractivity (Wildman–Crippen MR) is 103 cm³/mol. The molecule has 0 amide bonds. The van der Waals surface area contributed by atoms with Crippen LogP contribution in [-0.2, 0) is 26.2 Å². The van der Waals surface area contributed by atoms with E-state index in [-0.39, 0.29) is 23.9 Å². The Morgan fingerprint density at radius 1 is 1.17 bits per heavy atom. The smallest absolute Gasteiger partial charge is 0.416 e. The van der Waals surface area contributed by atoms with E-state index in [2.05, 4.69) is 10.3 Å². The Kier molecular flexibility index (Phi) is 4.97. The van der Waals surface area contributed by atoms with E-state index in [0.29, 0.717) is 29.9 Å². The molecule has 1 N–H and O–H groups in total. The maximum absolute atomic E-state index is 14.3. The van der Waals surface area contributed by atoms with Crippen molar-refractivity contribution in [3.8, 4) is 16.9 Å². The van der Waals surface area contributed by atoms with Crippen LogP contribution < -0.4 is 15.6 Å². The van der Waals surface area contributed by atoms with Crippen molar-refractivity contribution in [3.05, 3.63) is 75.5 Å². The largest absolute Gasteiger partial charge is 0.493 e. The molecule has 4 rings (SSSR count). The van der Waals surface area contributed by atoms with E-state index in [1.54, 1.807) is 6.07 Å². The number of hydrogen-bond acceptors (Lipinski definition) is 4. The summed E-state index contributed by atoms with van der Waals surface area (Å²) in [7, 11) is 1.49. The third kappa shape index (κ3) is 3.62. The molecular weight excluding hydrogens is 402 g/mol. The summed E-state index contributed by atoms with van der Waals surface area (Å²) in [5.74, 6) is 0.484. The van der Waals surface area contributed by atoms with Gasteiger partial charge in [-0.3, -0.25) is 9.36 Å². The van der Waals surface area contributed by atoms with Crippen LogP contribution in [0.25, 0.3) is 11.1 Å². The summed E-state index contributed by atoms with van der Waals surface area (Å²) < 4.78 is 59.2. The first-order valence-corrected chi connectivity index (χ1v) is 9.16. The number of rotatable bonds is 4. The van der Waals surface area contributed by atoms with Crippen molar-refractivity contribution in [1.82, 2.24) is 9.55 Å². The van der Waals surface area contributed by atoms with Crippen molar-refractivity contribution in [2.75, 3.05) is 11.9 Å². The monoisotopic (exact) mass is 419 g/mol. The molecule has 0 saturated carbocycles. The molecule has 1 aliphatic heterocycles. The SMILES string of the molecule is Cn1c(NCc2c(F)ccc3c2CCO3)ncc(-c2ccc(C(F)(F)F)cc2)c1=O. The Bertz CT molecular complexity index is 1150. The highest BCUT2D eigenvalue weighted by Gasteiger charge is 2.30. The lowest BCUT2D eigenvalue weighted by Gasteiger charge is -2.14. The first kappa shape index (κ1) is 19.9. The van der Waals surface area contributed by atoms with Crippen LogP contribution in [0.2, 0.25) is 0 Å². The molecule has 2 aromatic carbocycles. The number of benzene rings is 2. The van der Waals surface area contributed by atoms with E-state index < -0.39 is 17.3 Å². The molecule has 9 heteroatoms. The van der Waals surface area contributed by atoms with Crippen LogP contribution in [0.1, 0.15) is 16.7 Å². The van der Waals surface area contributed by atoms with E-state index in [9.17, 15) is 22.4 Å². The van der Waals surface area contributed by atoms with Crippen molar-refractivity contribution in [2.24, 2.45) is 7.05 Å². The van der Waals surface area contributed by atoms with Crippen LogP contribution in [0.4, 0.5) is 23.5 Å². The molecule has 156 valence electrons. The zero-order valence-corrected chi connectivity index (χ0v) is 15.9. The summed E-state index contributed by atoms with van der Waals surface area (Å²) in [6.07, 6.45) is -2.56. The van der Waals surface area contributed by atoms with Crippen molar-refractivity contribution in [2.45, 2.75) is 19.1 Å². The van der Waals surface area contributed by atoms with Gasteiger partial charge in [0.25, 0.3) is 5.56 Å². The first-order valence-electron chi connectivity index (χ1n) is 9.16. The quantitative estimate of drug-likeness (QED) is 0.646. The molecule has 5 nitrogen and oxygen atoms in total. The standard InChI is InChI=1S/C21H17F4N3O2/c1-28-19(29)15(12-2-4-13(5-3-12)21(23,24)25)10-26-20(28)27-11-16-14-8-9-30-18(14)7-6-17(16)22/h2-7,10H,8-9,11H2,1H3,(H,26,27). The highest BCUT2D eigenvalue weighted by molar-refractivity contribution is 5.62. The van der Waals surface area contributed by atoms with E-state index in [4.69, 9.17) is 4.74 Å². The fourth-order valence-electron chi connectivity index (χ4n) is 3.42. The number of nitrogens with one attached hydrogen (secondary N) is 1. The molecule has 0 aliphatic carbocycles. The van der Waals surface area contributed by atoms with Crippen molar-refractivity contribution in [3.63, 3.8) is 0 Å². The van der Waals surface area contributed by atoms with Gasteiger partial charge in [-0.1, -0.05) is 12.1 Å². The Balaban J connectivity index is 1.59. The Morgan fingerprint density at radius 3 is 2.60 bits per heavy atom. The average Bonchev–Trinajstić information content (AvgIpc) is 3.18. The lowest BCUT2D eigenvalue weighted by atomic mass is 10.0. The number of ether oxygens (including phenoxy) is 1. The number of fused-ring (bicyclic) bond motifs is 1. The van der Waals surface area contributed by atoms with Gasteiger partial charge in [-0.05, 0) is 29.8 Å². The summed E-state index contributed by atoms with van der Waals surface area (Å²) in [6.45, 7) is 0.600. The van der Waals surface area contributed by atoms with Crippen LogP contribution >= 0.6 is 0 Å². The first-order chi connectivity index (χ1) is 14.3. The van der Waals surface area contributed by atoms with Crippen LogP contribution in [0, 0.1) is 5.82 Å². The Morgan fingerprint density at radius 2 is 1.90 bits per heavy atom. The lowest BCUT2D eigenvalue weighted by Crippen LogP contribution is -2.23. The molecule has 0 saturated heterocycles. The number of hydrogen-bond donors (Lipinski definition) is 1. The second-order valence-corrected chi connectivity index (χ2v) is 6.89. The topological polar surface area (TPSA) is 56.1 Å². The average molecular weight is 419 g/mol. The Hall–Kier alpha value is -3.36. The number of nitrogens with zero attached hydrogens (tertiary/aromatic N) is 2. The van der Waals surface area contributed by atoms with Crippen LogP contribution in [0.15, 0.2) is 47.4 Å². The van der Waals surface area contributed by atoms with Gasteiger partial charge in [-0.2, -0.15) is 13.2 Å². The van der Waals surface area contributed by atoms with Gasteiger partial charge in [-0.25, -0.2) is 9.37 Å². The fourth-order valence-corrected chi connectivity index (χ4v) is 3.42. The highest BCUT2D eigenvalue weighted by atomic mass is 19.4. The number of alkyl halides is 3. The zero-order chi connectivity index (χ0) is 21.5. The van der Waals surface area contributed by atoms with Gasteiger partial charge in [0.05, 0.1) is 17.7 Å². The summed E-state index contributed by atoms with van der Waals surface area (Å²) in [6, 6.07) is 7.23. The molecule has 0 spiro atoms. The third-order valence-corrected chi connectivity index (χ3v) is 5.06. The lowest BCUT2D eigenvalue weighted by molar-refractivity contribution is -0.137. The number of halogens is 4. The zero-order valence-electron chi connectivity index (χ0n) is 15.9. The Labute approximate surface area is 169 Å². The van der Waals surface area contributed by atoms with Crippen molar-refractivity contribution < 1.29 is 22.3 Å². The minimum atomic E-state index is -4.45. The molecule has 0 fully saturated rings. The van der Waals surface area contributed by atoms with E-state index in [1.807, 2.05) is 0 Å². The molecule has 0 bridgehead atoms. The highest BCUT2D eigenvalue weighted by Crippen LogP contribution is 2.31. The molecule has 0 unspecified atom stereocenters. The minimum absolute atomic E-state index is 0.109. The van der Waals surface area contributed by atoms with Gasteiger partial charge < -0.3 is 10.1 Å². The fraction of sp³-hybridized carbons (Fsp3) is 0.238. The van der Waals surface area contributed by atoms with E-state index >= 15 is 0 Å². The van der Waals surface area contributed by atoms with Crippen LogP contribution in [-0.4, -0.2) is 16.2 Å². The minimum Gasteiger partial charge on any atom is -0.493 e. The van der Waals surface area contributed by atoms with Gasteiger partial charge >= 0.3 is 6.18 Å². The second kappa shape index (κ2) is 7.47. The second-order valence-electron chi connectivity index (χ2n) is 6.89.